The van der Waals surface area contributed by atoms with E-state index in [4.69, 9.17) is 4.74 Å². The van der Waals surface area contributed by atoms with Crippen molar-refractivity contribution in [1.29, 1.82) is 0 Å². The lowest BCUT2D eigenvalue weighted by Crippen LogP contribution is -2.13. The van der Waals surface area contributed by atoms with Gasteiger partial charge in [0.05, 0.1) is 23.9 Å². The molecule has 1 N–H and O–H groups in total. The maximum atomic E-state index is 10.6. The van der Waals surface area contributed by atoms with Crippen LogP contribution in [0.5, 0.6) is 5.75 Å². The van der Waals surface area contributed by atoms with Gasteiger partial charge in [0, 0.05) is 6.04 Å². The lowest BCUT2D eigenvalue weighted by Gasteiger charge is -2.16. The lowest BCUT2D eigenvalue weighted by molar-refractivity contribution is 0.202. The summed E-state index contributed by atoms with van der Waals surface area (Å²) in [6.07, 6.45) is 1.55. The number of rotatable bonds is 5. The van der Waals surface area contributed by atoms with Gasteiger partial charge in [0.25, 0.3) is 0 Å². The molecule has 0 aromatic carbocycles. The summed E-state index contributed by atoms with van der Waals surface area (Å²) in [5.41, 5.74) is 1.47. The van der Waals surface area contributed by atoms with Gasteiger partial charge in [-0.1, -0.05) is 11.4 Å². The third-order valence-electron chi connectivity index (χ3n) is 2.94. The first-order valence-corrected chi connectivity index (χ1v) is 6.98. The van der Waals surface area contributed by atoms with Gasteiger partial charge >= 0.3 is 0 Å². The second-order valence-electron chi connectivity index (χ2n) is 4.48. The van der Waals surface area contributed by atoms with E-state index in [-0.39, 0.29) is 6.04 Å². The molecule has 0 aliphatic rings. The summed E-state index contributed by atoms with van der Waals surface area (Å²) in [4.78, 5) is 0.753. The van der Waals surface area contributed by atoms with Gasteiger partial charge in [0.15, 0.2) is 5.75 Å². The highest BCUT2D eigenvalue weighted by molar-refractivity contribution is 7.05. The van der Waals surface area contributed by atoms with E-state index in [9.17, 15) is 5.11 Å². The van der Waals surface area contributed by atoms with Crippen molar-refractivity contribution in [3.63, 3.8) is 0 Å². The summed E-state index contributed by atoms with van der Waals surface area (Å²) in [6.45, 7) is 6.01. The van der Waals surface area contributed by atoms with Crippen LogP contribution in [0.1, 0.15) is 49.2 Å². The topological polar surface area (TPSA) is 73.1 Å². The zero-order chi connectivity index (χ0) is 14.0. The molecule has 0 aliphatic carbocycles. The number of methoxy groups -OCH3 is 1. The predicted octanol–water partition coefficient (Wildman–Crippen LogP) is 1.97. The van der Waals surface area contributed by atoms with Crippen molar-refractivity contribution < 1.29 is 9.84 Å². The van der Waals surface area contributed by atoms with Crippen LogP contribution in [0.4, 0.5) is 0 Å². The number of hydrogen-bond donors (Lipinski definition) is 1. The Morgan fingerprint density at radius 1 is 1.47 bits per heavy atom. The maximum Gasteiger partial charge on any atom is 0.163 e. The molecule has 1 atom stereocenters. The van der Waals surface area contributed by atoms with E-state index in [1.54, 1.807) is 18.0 Å². The fraction of sp³-hybridized carbons (Fsp3) is 0.583. The van der Waals surface area contributed by atoms with Crippen molar-refractivity contribution in [3.8, 4) is 5.75 Å². The van der Waals surface area contributed by atoms with E-state index in [1.165, 1.54) is 11.5 Å². The Balaban J connectivity index is 2.48. The smallest absolute Gasteiger partial charge is 0.163 e. The van der Waals surface area contributed by atoms with Crippen molar-refractivity contribution in [2.24, 2.45) is 0 Å². The van der Waals surface area contributed by atoms with Crippen LogP contribution in [-0.4, -0.2) is 31.6 Å². The van der Waals surface area contributed by atoms with E-state index in [0.29, 0.717) is 11.4 Å². The Morgan fingerprint density at radius 2 is 2.21 bits per heavy atom. The fourth-order valence-electron chi connectivity index (χ4n) is 1.98. The number of aromatic nitrogens is 4. The second kappa shape index (κ2) is 5.66. The predicted molar refractivity (Wildman–Crippen MR) is 72.5 cm³/mol. The van der Waals surface area contributed by atoms with Gasteiger partial charge in [0.1, 0.15) is 11.8 Å². The summed E-state index contributed by atoms with van der Waals surface area (Å²) >= 11 is 1.21. The maximum absolute atomic E-state index is 10.6. The summed E-state index contributed by atoms with van der Waals surface area (Å²) in [6, 6.07) is 0.138. The summed E-state index contributed by atoms with van der Waals surface area (Å²) in [7, 11) is 1.57. The van der Waals surface area contributed by atoms with E-state index in [0.717, 1.165) is 17.0 Å². The Labute approximate surface area is 116 Å². The molecule has 19 heavy (non-hydrogen) atoms. The zero-order valence-electron chi connectivity index (χ0n) is 11.5. The first-order valence-electron chi connectivity index (χ1n) is 6.20. The van der Waals surface area contributed by atoms with Crippen molar-refractivity contribution in [3.05, 3.63) is 22.5 Å². The lowest BCUT2D eigenvalue weighted by atomic mass is 10.1. The highest BCUT2D eigenvalue weighted by Gasteiger charge is 2.26. The third-order valence-corrected chi connectivity index (χ3v) is 3.75. The Kier molecular flexibility index (Phi) is 4.16. The number of aliphatic hydroxyl groups excluding tert-OH is 1. The minimum absolute atomic E-state index is 0.138. The summed E-state index contributed by atoms with van der Waals surface area (Å²) < 4.78 is 11.0. The van der Waals surface area contributed by atoms with Crippen molar-refractivity contribution in [2.45, 2.75) is 39.3 Å². The average Bonchev–Trinajstić information content (AvgIpc) is 3.03. The molecule has 0 fully saturated rings. The largest absolute Gasteiger partial charge is 0.493 e. The molecule has 0 spiro atoms. The third kappa shape index (κ3) is 2.48. The average molecular weight is 282 g/mol. The highest BCUT2D eigenvalue weighted by Crippen LogP contribution is 2.34. The Hall–Kier alpha value is -1.47. The molecule has 2 heterocycles. The van der Waals surface area contributed by atoms with Gasteiger partial charge < -0.3 is 9.84 Å². The summed E-state index contributed by atoms with van der Waals surface area (Å²) in [5, 5.41) is 18.9. The number of nitrogens with zero attached hydrogens (tertiary/aromatic N) is 4. The first-order chi connectivity index (χ1) is 9.10. The minimum Gasteiger partial charge on any atom is -0.493 e. The van der Waals surface area contributed by atoms with Crippen LogP contribution in [0.15, 0.2) is 6.20 Å². The van der Waals surface area contributed by atoms with E-state index in [1.807, 2.05) is 20.8 Å². The van der Waals surface area contributed by atoms with Crippen molar-refractivity contribution >= 4 is 11.5 Å². The molecule has 6 nitrogen and oxygen atoms in total. The molecule has 7 heteroatoms. The molecule has 2 rings (SSSR count). The molecule has 0 amide bonds. The van der Waals surface area contributed by atoms with Gasteiger partial charge in [-0.2, -0.15) is 5.10 Å². The minimum atomic E-state index is -0.810. The van der Waals surface area contributed by atoms with Crippen LogP contribution in [0, 0.1) is 0 Å². The van der Waals surface area contributed by atoms with Crippen molar-refractivity contribution in [2.75, 3.05) is 7.11 Å². The van der Waals surface area contributed by atoms with Gasteiger partial charge in [-0.05, 0) is 31.8 Å². The van der Waals surface area contributed by atoms with Gasteiger partial charge in [-0.25, -0.2) is 0 Å². The van der Waals surface area contributed by atoms with E-state index in [2.05, 4.69) is 14.7 Å². The molecule has 2 aromatic rings. The number of aliphatic hydroxyl groups is 1. The van der Waals surface area contributed by atoms with Gasteiger partial charge in [-0.15, -0.1) is 5.10 Å². The molecule has 0 saturated heterocycles. The monoisotopic (exact) mass is 282 g/mol. The van der Waals surface area contributed by atoms with Crippen LogP contribution in [0.25, 0.3) is 0 Å². The van der Waals surface area contributed by atoms with Crippen LogP contribution in [-0.2, 0) is 6.42 Å². The zero-order valence-corrected chi connectivity index (χ0v) is 12.3. The van der Waals surface area contributed by atoms with Gasteiger partial charge in [0.2, 0.25) is 0 Å². The quantitative estimate of drug-likeness (QED) is 0.907. The normalized spacial score (nSPS) is 12.9. The van der Waals surface area contributed by atoms with Gasteiger partial charge in [-0.3, -0.25) is 4.68 Å². The Bertz CT molecular complexity index is 550. The molecule has 0 saturated carbocycles. The van der Waals surface area contributed by atoms with E-state index >= 15 is 0 Å². The van der Waals surface area contributed by atoms with Crippen LogP contribution in [0.2, 0.25) is 0 Å². The van der Waals surface area contributed by atoms with Crippen molar-refractivity contribution in [1.82, 2.24) is 19.4 Å². The SMILES string of the molecule is CCc1nnsc1C(O)c1c(OC)cnn1C(C)C. The molecular formula is C12H18N4O2S. The van der Waals surface area contributed by atoms with Crippen LogP contribution < -0.4 is 4.74 Å². The molecular weight excluding hydrogens is 264 g/mol. The van der Waals surface area contributed by atoms with Crippen LogP contribution in [0.3, 0.4) is 0 Å². The summed E-state index contributed by atoms with van der Waals surface area (Å²) in [5.74, 6) is 0.580. The molecule has 0 bridgehead atoms. The molecule has 0 aliphatic heterocycles. The second-order valence-corrected chi connectivity index (χ2v) is 5.26. The molecule has 2 aromatic heterocycles. The highest BCUT2D eigenvalue weighted by atomic mass is 32.1. The first kappa shape index (κ1) is 14.0. The van der Waals surface area contributed by atoms with Crippen LogP contribution >= 0.6 is 11.5 Å². The standard InChI is InChI=1S/C12H18N4O2S/c1-5-8-12(19-15-14-8)11(17)10-9(18-4)6-13-16(10)7(2)3/h6-7,11,17H,5H2,1-4H3. The number of ether oxygens (including phenoxy) is 1. The number of aryl methyl sites for hydroxylation is 1. The molecule has 0 radical (unpaired) electrons. The van der Waals surface area contributed by atoms with E-state index < -0.39 is 6.10 Å². The Morgan fingerprint density at radius 3 is 2.79 bits per heavy atom. The molecule has 1 unspecified atom stereocenters. The number of hydrogen-bond acceptors (Lipinski definition) is 6. The fourth-order valence-corrected chi connectivity index (χ4v) is 2.71. The molecule has 104 valence electrons.